The van der Waals surface area contributed by atoms with Gasteiger partial charge in [0.2, 0.25) is 5.96 Å². The third-order valence-electron chi connectivity index (χ3n) is 4.91. The van der Waals surface area contributed by atoms with Gasteiger partial charge in [-0.05, 0) is 36.4 Å². The van der Waals surface area contributed by atoms with Gasteiger partial charge in [-0.1, -0.05) is 23.7 Å². The van der Waals surface area contributed by atoms with Gasteiger partial charge >= 0.3 is 0 Å². The van der Waals surface area contributed by atoms with Crippen molar-refractivity contribution in [1.82, 2.24) is 9.80 Å². The van der Waals surface area contributed by atoms with Crippen molar-refractivity contribution >= 4 is 29.2 Å². The zero-order chi connectivity index (χ0) is 18.8. The number of halogens is 2. The molecule has 2 aromatic rings. The molecule has 27 heavy (non-hydrogen) atoms. The van der Waals surface area contributed by atoms with E-state index in [1.807, 2.05) is 11.0 Å². The Kier molecular flexibility index (Phi) is 4.99. The molecule has 5 nitrogen and oxygen atoms in total. The van der Waals surface area contributed by atoms with Crippen LogP contribution < -0.4 is 4.90 Å². The first-order valence-corrected chi connectivity index (χ1v) is 9.37. The van der Waals surface area contributed by atoms with Gasteiger partial charge in [-0.2, -0.15) is 0 Å². The normalized spacial score (nSPS) is 17.3. The number of nitrogens with zero attached hydrogens (tertiary/aromatic N) is 4. The van der Waals surface area contributed by atoms with Crippen molar-refractivity contribution in [2.45, 2.75) is 0 Å². The minimum absolute atomic E-state index is 0.0700. The Balaban J connectivity index is 1.44. The topological polar surface area (TPSA) is 39.2 Å². The monoisotopic (exact) mass is 386 g/mol. The Morgan fingerprint density at radius 1 is 0.926 bits per heavy atom. The molecule has 2 heterocycles. The molecule has 2 aliphatic heterocycles. The molecule has 4 rings (SSSR count). The van der Waals surface area contributed by atoms with Gasteiger partial charge in [0.1, 0.15) is 5.82 Å². The summed E-state index contributed by atoms with van der Waals surface area (Å²) in [6.07, 6.45) is 0. The van der Waals surface area contributed by atoms with Gasteiger partial charge in [0.05, 0.1) is 12.2 Å². The third kappa shape index (κ3) is 3.62. The van der Waals surface area contributed by atoms with E-state index < -0.39 is 0 Å². The zero-order valence-electron chi connectivity index (χ0n) is 14.8. The molecule has 0 saturated carbocycles. The van der Waals surface area contributed by atoms with Crippen LogP contribution in [0.5, 0.6) is 0 Å². The van der Waals surface area contributed by atoms with E-state index in [0.717, 1.165) is 0 Å². The summed E-state index contributed by atoms with van der Waals surface area (Å²) in [6.45, 7) is 3.92. The van der Waals surface area contributed by atoms with Gasteiger partial charge in [-0.15, -0.1) is 0 Å². The molecule has 0 N–H and O–H groups in total. The maximum atomic E-state index is 14.0. The molecule has 0 spiro atoms. The lowest BCUT2D eigenvalue weighted by Crippen LogP contribution is -2.53. The zero-order valence-corrected chi connectivity index (χ0v) is 15.6. The van der Waals surface area contributed by atoms with Crippen molar-refractivity contribution in [2.75, 3.05) is 44.2 Å². The number of piperazine rings is 1. The van der Waals surface area contributed by atoms with Crippen molar-refractivity contribution in [3.63, 3.8) is 0 Å². The molecule has 140 valence electrons. The number of carbonyl (C=O) groups excluding carboxylic acids is 1. The number of hydrogen-bond donors (Lipinski definition) is 0. The highest BCUT2D eigenvalue weighted by atomic mass is 35.5. The van der Waals surface area contributed by atoms with Crippen LogP contribution in [-0.2, 0) is 0 Å². The smallest absolute Gasteiger partial charge is 0.260 e. The first kappa shape index (κ1) is 17.8. The Hall–Kier alpha value is -2.60. The van der Waals surface area contributed by atoms with E-state index in [2.05, 4.69) is 9.89 Å². The Morgan fingerprint density at radius 3 is 2.30 bits per heavy atom. The third-order valence-corrected chi connectivity index (χ3v) is 5.16. The quantitative estimate of drug-likeness (QED) is 0.796. The van der Waals surface area contributed by atoms with Crippen LogP contribution >= 0.6 is 11.6 Å². The van der Waals surface area contributed by atoms with Gasteiger partial charge in [-0.25, -0.2) is 4.39 Å². The maximum absolute atomic E-state index is 14.0. The lowest BCUT2D eigenvalue weighted by atomic mass is 10.2. The second-order valence-corrected chi connectivity index (χ2v) is 7.01. The van der Waals surface area contributed by atoms with Crippen LogP contribution in [0.15, 0.2) is 53.5 Å². The number of rotatable bonds is 2. The van der Waals surface area contributed by atoms with Crippen LogP contribution in [0, 0.1) is 5.82 Å². The minimum Gasteiger partial charge on any atom is -0.366 e. The number of amides is 1. The highest BCUT2D eigenvalue weighted by molar-refractivity contribution is 6.30. The maximum Gasteiger partial charge on any atom is 0.260 e. The summed E-state index contributed by atoms with van der Waals surface area (Å²) in [6, 6.07) is 13.7. The van der Waals surface area contributed by atoms with Crippen molar-refractivity contribution in [2.24, 2.45) is 4.99 Å². The minimum atomic E-state index is -0.205. The number of guanidine groups is 1. The molecule has 1 amide bonds. The fourth-order valence-corrected chi connectivity index (χ4v) is 3.63. The molecule has 2 aliphatic rings. The molecule has 0 bridgehead atoms. The highest BCUT2D eigenvalue weighted by Crippen LogP contribution is 2.22. The number of hydrogen-bond acceptors (Lipinski definition) is 4. The van der Waals surface area contributed by atoms with E-state index in [-0.39, 0.29) is 11.7 Å². The van der Waals surface area contributed by atoms with Crippen LogP contribution in [0.1, 0.15) is 10.4 Å². The molecule has 0 atom stereocenters. The first-order valence-electron chi connectivity index (χ1n) is 9.00. The van der Waals surface area contributed by atoms with Crippen molar-refractivity contribution in [3.8, 4) is 0 Å². The van der Waals surface area contributed by atoms with Gasteiger partial charge in [0.25, 0.3) is 5.91 Å². The molecule has 2 aromatic carbocycles. The number of para-hydroxylation sites is 1. The lowest BCUT2D eigenvalue weighted by molar-refractivity contribution is 0.0843. The lowest BCUT2D eigenvalue weighted by Gasteiger charge is -2.38. The number of benzene rings is 2. The average molecular weight is 387 g/mol. The largest absolute Gasteiger partial charge is 0.366 e. The molecule has 7 heteroatoms. The molecule has 0 aromatic heterocycles. The predicted molar refractivity (Wildman–Crippen MR) is 105 cm³/mol. The van der Waals surface area contributed by atoms with E-state index >= 15 is 0 Å². The predicted octanol–water partition coefficient (Wildman–Crippen LogP) is 3.11. The summed E-state index contributed by atoms with van der Waals surface area (Å²) in [7, 11) is 0. The summed E-state index contributed by atoms with van der Waals surface area (Å²) >= 11 is 5.91. The fourth-order valence-electron chi connectivity index (χ4n) is 3.50. The molecule has 0 unspecified atom stereocenters. The molecule has 1 saturated heterocycles. The summed E-state index contributed by atoms with van der Waals surface area (Å²) in [5.41, 5.74) is 1.22. The molecular weight excluding hydrogens is 367 g/mol. The summed E-state index contributed by atoms with van der Waals surface area (Å²) in [5.74, 6) is 0.436. The summed E-state index contributed by atoms with van der Waals surface area (Å²) < 4.78 is 14.0. The second-order valence-electron chi connectivity index (χ2n) is 6.57. The van der Waals surface area contributed by atoms with Crippen LogP contribution in [0.3, 0.4) is 0 Å². The Bertz CT molecular complexity index is 863. The van der Waals surface area contributed by atoms with E-state index in [1.165, 1.54) is 6.07 Å². The van der Waals surface area contributed by atoms with Crippen molar-refractivity contribution < 1.29 is 9.18 Å². The van der Waals surface area contributed by atoms with Gasteiger partial charge < -0.3 is 9.80 Å². The van der Waals surface area contributed by atoms with E-state index in [4.69, 9.17) is 11.6 Å². The molecule has 0 aliphatic carbocycles. The molecular formula is C20H20ClFN4O. The van der Waals surface area contributed by atoms with E-state index in [9.17, 15) is 9.18 Å². The Labute approximate surface area is 162 Å². The van der Waals surface area contributed by atoms with Gasteiger partial charge in [0, 0.05) is 43.3 Å². The van der Waals surface area contributed by atoms with Crippen LogP contribution in [0.25, 0.3) is 0 Å². The number of aliphatic imine (C=N–C) groups is 1. The van der Waals surface area contributed by atoms with E-state index in [0.29, 0.717) is 61.5 Å². The summed E-state index contributed by atoms with van der Waals surface area (Å²) in [5, 5.41) is 0.603. The van der Waals surface area contributed by atoms with Crippen molar-refractivity contribution in [1.29, 1.82) is 0 Å². The average Bonchev–Trinajstić information content (AvgIpc) is 3.18. The van der Waals surface area contributed by atoms with Crippen LogP contribution in [0.2, 0.25) is 5.02 Å². The van der Waals surface area contributed by atoms with Crippen LogP contribution in [0.4, 0.5) is 10.1 Å². The van der Waals surface area contributed by atoms with Gasteiger partial charge in [0.15, 0.2) is 0 Å². The number of carbonyl (C=O) groups is 1. The highest BCUT2D eigenvalue weighted by Gasteiger charge is 2.31. The number of anilines is 1. The van der Waals surface area contributed by atoms with Crippen molar-refractivity contribution in [3.05, 3.63) is 64.9 Å². The van der Waals surface area contributed by atoms with Gasteiger partial charge in [-0.3, -0.25) is 14.7 Å². The fraction of sp³-hybridized carbons (Fsp3) is 0.300. The van der Waals surface area contributed by atoms with E-state index in [1.54, 1.807) is 41.3 Å². The molecule has 0 radical (unpaired) electrons. The van der Waals surface area contributed by atoms with Crippen LogP contribution in [-0.4, -0.2) is 60.9 Å². The second kappa shape index (κ2) is 7.56. The standard InChI is InChI=1S/C20H20ClFN4O/c21-16-7-5-15(6-8-16)19(27)26-10-9-23-20(26)25-13-11-24(12-14-25)18-4-2-1-3-17(18)22/h1-8H,9-14H2. The summed E-state index contributed by atoms with van der Waals surface area (Å²) in [4.78, 5) is 23.3. The SMILES string of the molecule is O=C(c1ccc(Cl)cc1)N1CCN=C1N1CCN(c2ccccc2F)CC1. The first-order chi connectivity index (χ1) is 13.1. The Morgan fingerprint density at radius 2 is 1.59 bits per heavy atom. The molecule has 1 fully saturated rings.